The Morgan fingerprint density at radius 2 is 2.11 bits per heavy atom. The maximum Gasteiger partial charge on any atom is 0.239 e. The number of nitrogens with two attached hydrogens (primary N) is 1. The molecule has 0 fully saturated rings. The van der Waals surface area contributed by atoms with E-state index in [9.17, 15) is 4.39 Å². The number of hydrogen-bond acceptors (Lipinski definition) is 5. The van der Waals surface area contributed by atoms with Gasteiger partial charge in [-0.1, -0.05) is 11.6 Å². The first-order chi connectivity index (χ1) is 8.58. The van der Waals surface area contributed by atoms with Gasteiger partial charge >= 0.3 is 0 Å². The third kappa shape index (κ3) is 3.06. The zero-order valence-electron chi connectivity index (χ0n) is 8.92. The van der Waals surface area contributed by atoms with Crippen molar-refractivity contribution in [3.8, 4) is 0 Å². The van der Waals surface area contributed by atoms with Crippen LogP contribution in [0.3, 0.4) is 0 Å². The summed E-state index contributed by atoms with van der Waals surface area (Å²) in [5, 5.41) is 3.20. The van der Waals surface area contributed by atoms with Crippen molar-refractivity contribution >= 4 is 45.0 Å². The summed E-state index contributed by atoms with van der Waals surface area (Å²) in [6.07, 6.45) is 1.52. The molecule has 18 heavy (non-hydrogen) atoms. The van der Waals surface area contributed by atoms with E-state index in [1.165, 1.54) is 18.3 Å². The highest BCUT2D eigenvalue weighted by Crippen LogP contribution is 2.26. The van der Waals surface area contributed by atoms with Crippen LogP contribution < -0.4 is 16.6 Å². The van der Waals surface area contributed by atoms with Gasteiger partial charge in [0.1, 0.15) is 11.6 Å². The van der Waals surface area contributed by atoms with Gasteiger partial charge in [-0.05, 0) is 34.1 Å². The van der Waals surface area contributed by atoms with Gasteiger partial charge in [0.15, 0.2) is 0 Å². The van der Waals surface area contributed by atoms with E-state index in [-0.39, 0.29) is 5.95 Å². The van der Waals surface area contributed by atoms with Crippen LogP contribution in [0.15, 0.2) is 28.9 Å². The molecule has 0 aliphatic heterocycles. The Hall–Kier alpha value is -1.44. The molecule has 1 aromatic heterocycles. The van der Waals surface area contributed by atoms with Crippen LogP contribution in [-0.2, 0) is 0 Å². The van der Waals surface area contributed by atoms with Crippen LogP contribution >= 0.6 is 27.5 Å². The summed E-state index contributed by atoms with van der Waals surface area (Å²) in [6, 6.07) is 4.10. The Balaban J connectivity index is 2.33. The molecule has 0 saturated carbocycles. The normalized spacial score (nSPS) is 10.2. The predicted octanol–water partition coefficient (Wildman–Crippen LogP) is 3.06. The lowest BCUT2D eigenvalue weighted by Gasteiger charge is -2.09. The van der Waals surface area contributed by atoms with Crippen molar-refractivity contribution in [3.05, 3.63) is 39.7 Å². The Morgan fingerprint density at radius 1 is 1.33 bits per heavy atom. The molecule has 5 nitrogen and oxygen atoms in total. The number of halogens is 3. The molecule has 8 heteroatoms. The lowest BCUT2D eigenvalue weighted by atomic mass is 10.3. The van der Waals surface area contributed by atoms with Crippen LogP contribution in [0, 0.1) is 5.82 Å². The lowest BCUT2D eigenvalue weighted by molar-refractivity contribution is 0.628. The van der Waals surface area contributed by atoms with E-state index in [0.717, 1.165) is 0 Å². The number of aromatic nitrogens is 2. The van der Waals surface area contributed by atoms with E-state index in [2.05, 4.69) is 36.6 Å². The molecule has 2 aromatic rings. The van der Waals surface area contributed by atoms with E-state index in [1.807, 2.05) is 0 Å². The summed E-state index contributed by atoms with van der Waals surface area (Å²) >= 11 is 9.03. The maximum atomic E-state index is 13.2. The lowest BCUT2D eigenvalue weighted by Crippen LogP contribution is -2.11. The summed E-state index contributed by atoms with van der Waals surface area (Å²) in [4.78, 5) is 7.97. The molecule has 0 bridgehead atoms. The van der Waals surface area contributed by atoms with Crippen LogP contribution in [-0.4, -0.2) is 9.97 Å². The highest BCUT2D eigenvalue weighted by atomic mass is 79.9. The average molecular weight is 333 g/mol. The second-order valence-electron chi connectivity index (χ2n) is 3.32. The predicted molar refractivity (Wildman–Crippen MR) is 72.2 cm³/mol. The Bertz CT molecular complexity index is 560. The SMILES string of the molecule is NNc1ncc(Br)c(Nc2cc(F)cc(Cl)c2)n1. The summed E-state index contributed by atoms with van der Waals surface area (Å²) < 4.78 is 13.8. The van der Waals surface area contributed by atoms with Gasteiger partial charge in [-0.3, -0.25) is 5.43 Å². The number of hydrogen-bond donors (Lipinski definition) is 3. The smallest absolute Gasteiger partial charge is 0.239 e. The minimum Gasteiger partial charge on any atom is -0.339 e. The van der Waals surface area contributed by atoms with Crippen LogP contribution in [0.25, 0.3) is 0 Å². The molecule has 0 amide bonds. The van der Waals surface area contributed by atoms with Crippen LogP contribution in [0.2, 0.25) is 5.02 Å². The monoisotopic (exact) mass is 331 g/mol. The molecule has 1 heterocycles. The zero-order chi connectivity index (χ0) is 13.1. The highest BCUT2D eigenvalue weighted by molar-refractivity contribution is 9.10. The topological polar surface area (TPSA) is 75.9 Å². The third-order valence-corrected chi connectivity index (χ3v) is 2.80. The summed E-state index contributed by atoms with van der Waals surface area (Å²) in [6.45, 7) is 0. The van der Waals surface area contributed by atoms with Crippen molar-refractivity contribution in [2.24, 2.45) is 5.84 Å². The first-order valence-corrected chi connectivity index (χ1v) is 5.98. The van der Waals surface area contributed by atoms with Gasteiger partial charge in [0, 0.05) is 16.9 Å². The molecule has 4 N–H and O–H groups in total. The molecule has 1 aromatic carbocycles. The summed E-state index contributed by atoms with van der Waals surface area (Å²) in [7, 11) is 0. The Kier molecular flexibility index (Phi) is 3.95. The second-order valence-corrected chi connectivity index (χ2v) is 4.61. The summed E-state index contributed by atoms with van der Waals surface area (Å²) in [5.41, 5.74) is 2.79. The number of anilines is 3. The highest BCUT2D eigenvalue weighted by Gasteiger charge is 2.06. The van der Waals surface area contributed by atoms with Gasteiger partial charge in [-0.2, -0.15) is 4.98 Å². The fraction of sp³-hybridized carbons (Fsp3) is 0. The van der Waals surface area contributed by atoms with Crippen molar-refractivity contribution in [2.75, 3.05) is 10.7 Å². The molecule has 0 spiro atoms. The number of nitrogen functional groups attached to an aromatic ring is 1. The van der Waals surface area contributed by atoms with Gasteiger partial charge in [0.05, 0.1) is 4.47 Å². The summed E-state index contributed by atoms with van der Waals surface area (Å²) in [5.74, 6) is 5.46. The quantitative estimate of drug-likeness (QED) is 0.595. The van der Waals surface area contributed by atoms with Crippen LogP contribution in [0.1, 0.15) is 0 Å². The molecular formula is C10H8BrClFN5. The van der Waals surface area contributed by atoms with Gasteiger partial charge in [-0.15, -0.1) is 0 Å². The van der Waals surface area contributed by atoms with Gasteiger partial charge in [-0.25, -0.2) is 15.2 Å². The minimum atomic E-state index is -0.438. The molecule has 2 rings (SSSR count). The van der Waals surface area contributed by atoms with Gasteiger partial charge in [0.2, 0.25) is 5.95 Å². The second kappa shape index (κ2) is 5.47. The molecule has 0 saturated heterocycles. The molecule has 0 radical (unpaired) electrons. The van der Waals surface area contributed by atoms with Crippen LogP contribution in [0.5, 0.6) is 0 Å². The van der Waals surface area contributed by atoms with E-state index in [1.54, 1.807) is 6.07 Å². The molecule has 0 aliphatic rings. The molecular weight excluding hydrogens is 324 g/mol. The Morgan fingerprint density at radius 3 is 2.78 bits per heavy atom. The van der Waals surface area contributed by atoms with Crippen LogP contribution in [0.4, 0.5) is 21.8 Å². The van der Waals surface area contributed by atoms with Gasteiger partial charge < -0.3 is 5.32 Å². The first-order valence-electron chi connectivity index (χ1n) is 4.81. The number of hydrazine groups is 1. The zero-order valence-corrected chi connectivity index (χ0v) is 11.3. The number of nitrogens with zero attached hydrogens (tertiary/aromatic N) is 2. The first kappa shape index (κ1) is 13.0. The van der Waals surface area contributed by atoms with E-state index >= 15 is 0 Å². The van der Waals surface area contributed by atoms with Gasteiger partial charge in [0.25, 0.3) is 0 Å². The van der Waals surface area contributed by atoms with Crippen molar-refractivity contribution in [1.29, 1.82) is 0 Å². The number of rotatable bonds is 3. The molecule has 0 aliphatic carbocycles. The van der Waals surface area contributed by atoms with Crippen molar-refractivity contribution in [3.63, 3.8) is 0 Å². The molecule has 0 unspecified atom stereocenters. The average Bonchev–Trinajstić information content (AvgIpc) is 2.30. The van der Waals surface area contributed by atoms with Crippen molar-refractivity contribution in [1.82, 2.24) is 9.97 Å². The third-order valence-electron chi connectivity index (χ3n) is 2.00. The van der Waals surface area contributed by atoms with Crippen molar-refractivity contribution < 1.29 is 4.39 Å². The number of benzene rings is 1. The standard InChI is InChI=1S/C10H8BrClFN5/c11-8-4-15-10(18-14)17-9(8)16-7-2-5(12)1-6(13)3-7/h1-4H,14H2,(H2,15,16,17,18). The van der Waals surface area contributed by atoms with E-state index in [4.69, 9.17) is 17.4 Å². The van der Waals surface area contributed by atoms with E-state index in [0.29, 0.717) is 21.0 Å². The number of nitrogens with one attached hydrogen (secondary N) is 2. The fourth-order valence-electron chi connectivity index (χ4n) is 1.29. The maximum absolute atomic E-state index is 13.2. The van der Waals surface area contributed by atoms with Crippen molar-refractivity contribution in [2.45, 2.75) is 0 Å². The molecule has 94 valence electrons. The largest absolute Gasteiger partial charge is 0.339 e. The molecule has 0 atom stereocenters. The Labute approximate surface area is 116 Å². The van der Waals surface area contributed by atoms with E-state index < -0.39 is 5.82 Å². The minimum absolute atomic E-state index is 0.239. The fourth-order valence-corrected chi connectivity index (χ4v) is 1.80.